The van der Waals surface area contributed by atoms with Gasteiger partial charge < -0.3 is 5.32 Å². The third-order valence-corrected chi connectivity index (χ3v) is 0.986. The van der Waals surface area contributed by atoms with E-state index < -0.39 is 11.3 Å². The summed E-state index contributed by atoms with van der Waals surface area (Å²) < 4.78 is 0. The zero-order valence-electron chi connectivity index (χ0n) is 4.35. The molecule has 0 aromatic heterocycles. The highest BCUT2D eigenvalue weighted by atomic mass is 35.5. The van der Waals surface area contributed by atoms with Crippen LogP contribution in [0.1, 0.15) is 6.92 Å². The maximum absolute atomic E-state index is 10.1. The van der Waals surface area contributed by atoms with Crippen molar-refractivity contribution in [3.05, 3.63) is 0 Å². The molecule has 0 aliphatic heterocycles. The lowest BCUT2D eigenvalue weighted by molar-refractivity contribution is -0.117. The van der Waals surface area contributed by atoms with Crippen LogP contribution in [0, 0.1) is 0 Å². The SMILES string of the molecule is C[C@H](NC=O)C(=O)Cl. The fourth-order valence-electron chi connectivity index (χ4n) is 0.168. The van der Waals surface area contributed by atoms with Gasteiger partial charge in [0.25, 0.3) is 0 Å². The summed E-state index contributed by atoms with van der Waals surface area (Å²) in [6.07, 6.45) is 0.435. The molecule has 0 saturated carbocycles. The molecule has 0 aromatic rings. The molecule has 0 rings (SSSR count). The first-order valence-electron chi connectivity index (χ1n) is 2.07. The van der Waals surface area contributed by atoms with E-state index in [2.05, 4.69) is 5.32 Å². The van der Waals surface area contributed by atoms with Crippen LogP contribution in [0.2, 0.25) is 0 Å². The Morgan fingerprint density at radius 3 is 2.50 bits per heavy atom. The Labute approximate surface area is 52.0 Å². The summed E-state index contributed by atoms with van der Waals surface area (Å²) in [5.41, 5.74) is 0. The van der Waals surface area contributed by atoms with Crippen LogP contribution in [0.15, 0.2) is 0 Å². The Bertz CT molecular complexity index is 104. The molecule has 0 radical (unpaired) electrons. The number of rotatable bonds is 3. The lowest BCUT2D eigenvalue weighted by Gasteiger charge is -1.99. The Morgan fingerprint density at radius 2 is 2.38 bits per heavy atom. The van der Waals surface area contributed by atoms with Crippen LogP contribution in [0.4, 0.5) is 0 Å². The van der Waals surface area contributed by atoms with Crippen LogP contribution >= 0.6 is 11.6 Å². The summed E-state index contributed by atoms with van der Waals surface area (Å²) in [5.74, 6) is 0. The van der Waals surface area contributed by atoms with Gasteiger partial charge in [-0.25, -0.2) is 0 Å². The van der Waals surface area contributed by atoms with E-state index in [-0.39, 0.29) is 0 Å². The Kier molecular flexibility index (Phi) is 3.19. The number of carbonyl (C=O) groups is 2. The summed E-state index contributed by atoms with van der Waals surface area (Å²) in [6.45, 7) is 1.50. The van der Waals surface area contributed by atoms with Crippen molar-refractivity contribution in [3.63, 3.8) is 0 Å². The number of nitrogens with one attached hydrogen (secondary N) is 1. The highest BCUT2D eigenvalue weighted by molar-refractivity contribution is 6.64. The quantitative estimate of drug-likeness (QED) is 0.434. The second kappa shape index (κ2) is 3.43. The molecule has 1 atom stereocenters. The molecule has 46 valence electrons. The van der Waals surface area contributed by atoms with Crippen LogP contribution in [-0.4, -0.2) is 17.7 Å². The van der Waals surface area contributed by atoms with Crippen molar-refractivity contribution in [1.82, 2.24) is 5.32 Å². The molecule has 0 spiro atoms. The van der Waals surface area contributed by atoms with Gasteiger partial charge in [0.05, 0.1) is 6.04 Å². The summed E-state index contributed by atoms with van der Waals surface area (Å²) in [7, 11) is 0. The number of carbonyl (C=O) groups excluding carboxylic acids is 2. The third kappa shape index (κ3) is 2.58. The number of hydrogen-bond donors (Lipinski definition) is 1. The fourth-order valence-corrected chi connectivity index (χ4v) is 0.231. The van der Waals surface area contributed by atoms with E-state index in [0.29, 0.717) is 6.41 Å². The molecule has 0 unspecified atom stereocenters. The summed E-state index contributed by atoms with van der Waals surface area (Å²) >= 11 is 4.95. The van der Waals surface area contributed by atoms with Gasteiger partial charge in [0, 0.05) is 0 Å². The molecule has 0 aromatic carbocycles. The van der Waals surface area contributed by atoms with Crippen LogP contribution < -0.4 is 5.32 Å². The molecule has 0 saturated heterocycles. The van der Waals surface area contributed by atoms with E-state index in [1.165, 1.54) is 6.92 Å². The van der Waals surface area contributed by atoms with Gasteiger partial charge in [0.15, 0.2) is 0 Å². The maximum atomic E-state index is 10.1. The standard InChI is InChI=1S/C4H6ClNO2/c1-3(4(5)8)6-2-7/h2-3H,1H3,(H,6,7)/t3-/m0/s1. The molecule has 8 heavy (non-hydrogen) atoms. The van der Waals surface area contributed by atoms with Crippen LogP contribution in [0.5, 0.6) is 0 Å². The van der Waals surface area contributed by atoms with E-state index in [9.17, 15) is 9.59 Å². The highest BCUT2D eigenvalue weighted by Gasteiger charge is 2.05. The topological polar surface area (TPSA) is 46.2 Å². The Hall–Kier alpha value is -0.570. The first kappa shape index (κ1) is 7.43. The first-order valence-corrected chi connectivity index (χ1v) is 2.45. The zero-order chi connectivity index (χ0) is 6.57. The van der Waals surface area contributed by atoms with Crippen molar-refractivity contribution >= 4 is 23.3 Å². The smallest absolute Gasteiger partial charge is 0.243 e. The number of amides is 1. The summed E-state index contributed by atoms with van der Waals surface area (Å²) in [4.78, 5) is 19.7. The average molecular weight is 136 g/mol. The predicted octanol–water partition coefficient (Wildman–Crippen LogP) is -0.114. The molecule has 0 heterocycles. The lowest BCUT2D eigenvalue weighted by Crippen LogP contribution is -2.29. The summed E-state index contributed by atoms with van der Waals surface area (Å²) in [5, 5.41) is 1.62. The van der Waals surface area contributed by atoms with Gasteiger partial charge in [0.2, 0.25) is 11.7 Å². The molecule has 0 bridgehead atoms. The molecule has 0 aliphatic rings. The van der Waals surface area contributed by atoms with Gasteiger partial charge in [-0.15, -0.1) is 0 Å². The van der Waals surface area contributed by atoms with E-state index in [1.807, 2.05) is 0 Å². The molecule has 3 nitrogen and oxygen atoms in total. The minimum Gasteiger partial charge on any atom is -0.348 e. The van der Waals surface area contributed by atoms with Crippen molar-refractivity contribution in [3.8, 4) is 0 Å². The van der Waals surface area contributed by atoms with Crippen molar-refractivity contribution in [2.24, 2.45) is 0 Å². The van der Waals surface area contributed by atoms with E-state index in [4.69, 9.17) is 11.6 Å². The average Bonchev–Trinajstić information content (AvgIpc) is 1.67. The van der Waals surface area contributed by atoms with E-state index >= 15 is 0 Å². The van der Waals surface area contributed by atoms with E-state index in [0.717, 1.165) is 0 Å². The van der Waals surface area contributed by atoms with Gasteiger partial charge in [-0.05, 0) is 18.5 Å². The minimum atomic E-state index is -0.575. The number of hydrogen-bond acceptors (Lipinski definition) is 2. The first-order chi connectivity index (χ1) is 3.68. The third-order valence-electron chi connectivity index (χ3n) is 0.658. The molecule has 1 amide bonds. The molecule has 0 aliphatic carbocycles. The lowest BCUT2D eigenvalue weighted by atomic mass is 10.4. The second-order valence-electron chi connectivity index (χ2n) is 1.31. The second-order valence-corrected chi connectivity index (χ2v) is 1.68. The monoisotopic (exact) mass is 135 g/mol. The molecule has 4 heteroatoms. The fraction of sp³-hybridized carbons (Fsp3) is 0.500. The zero-order valence-corrected chi connectivity index (χ0v) is 5.11. The van der Waals surface area contributed by atoms with Crippen molar-refractivity contribution in [2.75, 3.05) is 0 Å². The Balaban J connectivity index is 3.46. The summed E-state index contributed by atoms with van der Waals surface area (Å²) in [6, 6.07) is -0.575. The normalized spacial score (nSPS) is 12.2. The van der Waals surface area contributed by atoms with Crippen molar-refractivity contribution in [2.45, 2.75) is 13.0 Å². The van der Waals surface area contributed by atoms with Crippen molar-refractivity contribution in [1.29, 1.82) is 0 Å². The van der Waals surface area contributed by atoms with Gasteiger partial charge in [-0.1, -0.05) is 0 Å². The van der Waals surface area contributed by atoms with E-state index in [1.54, 1.807) is 0 Å². The van der Waals surface area contributed by atoms with Gasteiger partial charge in [-0.3, -0.25) is 9.59 Å². The molecule has 1 N–H and O–H groups in total. The highest BCUT2D eigenvalue weighted by Crippen LogP contribution is 1.86. The van der Waals surface area contributed by atoms with Crippen molar-refractivity contribution < 1.29 is 9.59 Å². The molecule has 0 fully saturated rings. The van der Waals surface area contributed by atoms with Gasteiger partial charge >= 0.3 is 0 Å². The van der Waals surface area contributed by atoms with Crippen LogP contribution in [0.25, 0.3) is 0 Å². The minimum absolute atomic E-state index is 0.435. The van der Waals surface area contributed by atoms with Gasteiger partial charge in [0.1, 0.15) is 0 Å². The molecular formula is C4H6ClNO2. The van der Waals surface area contributed by atoms with Crippen LogP contribution in [0.3, 0.4) is 0 Å². The molecular weight excluding hydrogens is 130 g/mol. The maximum Gasteiger partial charge on any atom is 0.243 e. The Morgan fingerprint density at radius 1 is 1.88 bits per heavy atom. The van der Waals surface area contributed by atoms with Crippen LogP contribution in [-0.2, 0) is 9.59 Å². The largest absolute Gasteiger partial charge is 0.348 e. The number of halogens is 1. The van der Waals surface area contributed by atoms with Gasteiger partial charge in [-0.2, -0.15) is 0 Å². The predicted molar refractivity (Wildman–Crippen MR) is 29.5 cm³/mol.